The van der Waals surface area contributed by atoms with Gasteiger partial charge in [0, 0.05) is 18.0 Å². The summed E-state index contributed by atoms with van der Waals surface area (Å²) in [5.74, 6) is -0.915. The van der Waals surface area contributed by atoms with Gasteiger partial charge in [-0.1, -0.05) is 0 Å². The first kappa shape index (κ1) is 12.9. The normalized spacial score (nSPS) is 10.5. The maximum absolute atomic E-state index is 11.4. The Labute approximate surface area is 119 Å². The van der Waals surface area contributed by atoms with E-state index in [9.17, 15) is 15.0 Å². The van der Waals surface area contributed by atoms with Crippen molar-refractivity contribution in [2.75, 3.05) is 0 Å². The summed E-state index contributed by atoms with van der Waals surface area (Å²) in [5, 5.41) is 22.8. The second-order valence-electron chi connectivity index (χ2n) is 4.38. The summed E-state index contributed by atoms with van der Waals surface area (Å²) in [4.78, 5) is 15.3. The summed E-state index contributed by atoms with van der Waals surface area (Å²) in [7, 11) is 0. The Morgan fingerprint density at radius 2 is 1.71 bits per heavy atom. The van der Waals surface area contributed by atoms with Crippen LogP contribution >= 0.6 is 0 Å². The molecule has 0 bridgehead atoms. The molecule has 104 valence electrons. The van der Waals surface area contributed by atoms with Gasteiger partial charge in [-0.3, -0.25) is 4.98 Å². The summed E-state index contributed by atoms with van der Waals surface area (Å²) in [6, 6.07) is 9.82. The van der Waals surface area contributed by atoms with Crippen LogP contribution in [0.25, 0.3) is 16.9 Å². The van der Waals surface area contributed by atoms with Gasteiger partial charge in [0.1, 0.15) is 11.3 Å². The highest BCUT2D eigenvalue weighted by atomic mass is 16.4. The van der Waals surface area contributed by atoms with Gasteiger partial charge in [0.05, 0.1) is 17.6 Å². The number of benzene rings is 1. The predicted octanol–water partition coefficient (Wildman–Crippen LogP) is 2.34. The van der Waals surface area contributed by atoms with Crippen molar-refractivity contribution in [3.8, 4) is 22.7 Å². The lowest BCUT2D eigenvalue weighted by Gasteiger charge is -2.08. The lowest BCUT2D eigenvalue weighted by molar-refractivity contribution is 0.0697. The van der Waals surface area contributed by atoms with Crippen molar-refractivity contribution < 1.29 is 15.0 Å². The fraction of sp³-hybridized carbons (Fsp3) is 0. The Kier molecular flexibility index (Phi) is 3.12. The smallest absolute Gasteiger partial charge is 0.339 e. The van der Waals surface area contributed by atoms with Crippen LogP contribution in [0.5, 0.6) is 5.75 Å². The molecule has 0 fully saturated rings. The summed E-state index contributed by atoms with van der Waals surface area (Å²) >= 11 is 0. The van der Waals surface area contributed by atoms with E-state index >= 15 is 0 Å². The van der Waals surface area contributed by atoms with Crippen molar-refractivity contribution in [2.24, 2.45) is 0 Å². The molecule has 3 aromatic rings. The van der Waals surface area contributed by atoms with Crippen LogP contribution in [0.3, 0.4) is 0 Å². The van der Waals surface area contributed by atoms with Crippen LogP contribution < -0.4 is 0 Å². The molecule has 0 saturated carbocycles. The minimum absolute atomic E-state index is 0.106. The zero-order chi connectivity index (χ0) is 14.8. The van der Waals surface area contributed by atoms with E-state index in [1.165, 1.54) is 23.0 Å². The van der Waals surface area contributed by atoms with Gasteiger partial charge in [0.2, 0.25) is 0 Å². The van der Waals surface area contributed by atoms with Crippen molar-refractivity contribution in [2.45, 2.75) is 0 Å². The summed E-state index contributed by atoms with van der Waals surface area (Å²) in [5.41, 5.74) is 1.94. The minimum atomic E-state index is -1.05. The third-order valence-corrected chi connectivity index (χ3v) is 3.05. The molecule has 0 atom stereocenters. The van der Waals surface area contributed by atoms with Crippen LogP contribution in [0, 0.1) is 0 Å². The molecule has 21 heavy (non-hydrogen) atoms. The number of pyridine rings is 1. The molecule has 0 radical (unpaired) electrons. The number of phenols is 1. The molecule has 2 heterocycles. The average Bonchev–Trinajstić information content (AvgIpc) is 2.94. The molecule has 0 aliphatic heterocycles. The van der Waals surface area contributed by atoms with E-state index in [1.54, 1.807) is 36.7 Å². The maximum Gasteiger partial charge on any atom is 0.339 e. The second-order valence-corrected chi connectivity index (χ2v) is 4.38. The van der Waals surface area contributed by atoms with Gasteiger partial charge >= 0.3 is 5.97 Å². The first-order valence-corrected chi connectivity index (χ1v) is 6.18. The topological polar surface area (TPSA) is 88.2 Å². The molecule has 0 saturated heterocycles. The molecule has 2 aromatic heterocycles. The van der Waals surface area contributed by atoms with Gasteiger partial charge in [-0.25, -0.2) is 9.48 Å². The van der Waals surface area contributed by atoms with Crippen LogP contribution in [0.4, 0.5) is 0 Å². The van der Waals surface area contributed by atoms with Crippen molar-refractivity contribution in [3.63, 3.8) is 0 Å². The van der Waals surface area contributed by atoms with E-state index in [-0.39, 0.29) is 11.3 Å². The number of hydrogen-bond donors (Lipinski definition) is 2. The molecule has 0 spiro atoms. The first-order valence-electron chi connectivity index (χ1n) is 6.18. The van der Waals surface area contributed by atoms with E-state index in [0.29, 0.717) is 16.9 Å². The molecule has 1 aromatic carbocycles. The second kappa shape index (κ2) is 5.09. The van der Waals surface area contributed by atoms with Crippen molar-refractivity contribution in [3.05, 3.63) is 60.6 Å². The van der Waals surface area contributed by atoms with Gasteiger partial charge in [-0.05, 0) is 36.4 Å². The van der Waals surface area contributed by atoms with Crippen molar-refractivity contribution in [1.29, 1.82) is 0 Å². The molecule has 6 nitrogen and oxygen atoms in total. The molecule has 0 amide bonds. The van der Waals surface area contributed by atoms with E-state index < -0.39 is 5.97 Å². The Balaban J connectivity index is 2.22. The SMILES string of the molecule is O=C(O)c1cnn(-c2ccc(O)cc2)c1-c1ccncc1. The third kappa shape index (κ3) is 2.34. The number of phenolic OH excluding ortho intramolecular Hbond substituents is 1. The highest BCUT2D eigenvalue weighted by Crippen LogP contribution is 2.26. The highest BCUT2D eigenvalue weighted by molar-refractivity contribution is 5.95. The molecule has 0 aliphatic rings. The van der Waals surface area contributed by atoms with E-state index in [1.807, 2.05) is 0 Å². The molecular formula is C15H11N3O3. The fourth-order valence-corrected chi connectivity index (χ4v) is 2.08. The zero-order valence-electron chi connectivity index (χ0n) is 10.8. The van der Waals surface area contributed by atoms with E-state index in [2.05, 4.69) is 10.1 Å². The van der Waals surface area contributed by atoms with Crippen LogP contribution in [0.2, 0.25) is 0 Å². The number of hydrogen-bond acceptors (Lipinski definition) is 4. The Hall–Kier alpha value is -3.15. The third-order valence-electron chi connectivity index (χ3n) is 3.05. The summed E-state index contributed by atoms with van der Waals surface area (Å²) < 4.78 is 1.53. The largest absolute Gasteiger partial charge is 0.508 e. The average molecular weight is 281 g/mol. The summed E-state index contributed by atoms with van der Waals surface area (Å²) in [6.45, 7) is 0. The van der Waals surface area contributed by atoms with Crippen LogP contribution in [0.1, 0.15) is 10.4 Å². The van der Waals surface area contributed by atoms with Gasteiger partial charge in [0.25, 0.3) is 0 Å². The van der Waals surface area contributed by atoms with E-state index in [0.717, 1.165) is 0 Å². The van der Waals surface area contributed by atoms with Gasteiger partial charge in [0.15, 0.2) is 0 Å². The predicted molar refractivity (Wildman–Crippen MR) is 75.4 cm³/mol. The first-order chi connectivity index (χ1) is 10.2. The van der Waals surface area contributed by atoms with E-state index in [4.69, 9.17) is 0 Å². The van der Waals surface area contributed by atoms with Crippen LogP contribution in [0.15, 0.2) is 55.0 Å². The highest BCUT2D eigenvalue weighted by Gasteiger charge is 2.19. The van der Waals surface area contributed by atoms with Crippen molar-refractivity contribution in [1.82, 2.24) is 14.8 Å². The van der Waals surface area contributed by atoms with Gasteiger partial charge in [-0.2, -0.15) is 5.10 Å². The minimum Gasteiger partial charge on any atom is -0.508 e. The lowest BCUT2D eigenvalue weighted by atomic mass is 10.1. The lowest BCUT2D eigenvalue weighted by Crippen LogP contribution is -2.02. The molecular weight excluding hydrogens is 270 g/mol. The number of rotatable bonds is 3. The number of carboxylic acids is 1. The van der Waals surface area contributed by atoms with Crippen LogP contribution in [-0.4, -0.2) is 30.9 Å². The van der Waals surface area contributed by atoms with Crippen molar-refractivity contribution >= 4 is 5.97 Å². The van der Waals surface area contributed by atoms with Crippen LogP contribution in [-0.2, 0) is 0 Å². The molecule has 0 unspecified atom stereocenters. The number of nitrogens with zero attached hydrogens (tertiary/aromatic N) is 3. The Morgan fingerprint density at radius 3 is 2.33 bits per heavy atom. The standard InChI is InChI=1S/C15H11N3O3/c19-12-3-1-11(2-4-12)18-14(10-5-7-16-8-6-10)13(9-17-18)15(20)21/h1-9,19H,(H,20,21). The molecule has 3 rings (SSSR count). The fourth-order valence-electron chi connectivity index (χ4n) is 2.08. The number of aromatic carboxylic acids is 1. The van der Waals surface area contributed by atoms with Gasteiger partial charge < -0.3 is 10.2 Å². The Morgan fingerprint density at radius 1 is 1.05 bits per heavy atom. The quantitative estimate of drug-likeness (QED) is 0.769. The summed E-state index contributed by atoms with van der Waals surface area (Å²) in [6.07, 6.45) is 4.50. The number of aromatic hydroxyl groups is 1. The molecule has 6 heteroatoms. The number of carboxylic acid groups (broad SMARTS) is 1. The number of aromatic nitrogens is 3. The maximum atomic E-state index is 11.4. The zero-order valence-corrected chi connectivity index (χ0v) is 10.8. The number of carbonyl (C=O) groups is 1. The molecule has 2 N–H and O–H groups in total. The van der Waals surface area contributed by atoms with Gasteiger partial charge in [-0.15, -0.1) is 0 Å². The molecule has 0 aliphatic carbocycles. The monoisotopic (exact) mass is 281 g/mol. The Bertz CT molecular complexity index is 780.